The van der Waals surface area contributed by atoms with Crippen LogP contribution in [-0.2, 0) is 9.53 Å². The second-order valence-corrected chi connectivity index (χ2v) is 3.78. The van der Waals surface area contributed by atoms with Crippen molar-refractivity contribution in [2.75, 3.05) is 0 Å². The number of ether oxygens (including phenoxy) is 1. The Morgan fingerprint density at radius 2 is 2.15 bits per heavy atom. The third-order valence-electron chi connectivity index (χ3n) is 1.99. The van der Waals surface area contributed by atoms with Crippen molar-refractivity contribution in [1.29, 1.82) is 0 Å². The van der Waals surface area contributed by atoms with E-state index in [1.165, 1.54) is 0 Å². The molecule has 1 aliphatic heterocycles. The van der Waals surface area contributed by atoms with Crippen molar-refractivity contribution in [3.63, 3.8) is 0 Å². The van der Waals surface area contributed by atoms with Crippen LogP contribution in [0.2, 0.25) is 0 Å². The molecular weight excluding hydrogens is 166 g/mol. The van der Waals surface area contributed by atoms with E-state index < -0.39 is 5.60 Å². The molecule has 3 heteroatoms. The summed E-state index contributed by atoms with van der Waals surface area (Å²) in [6.07, 6.45) is 2.39. The molecule has 1 heterocycles. The molecule has 0 aromatic rings. The summed E-state index contributed by atoms with van der Waals surface area (Å²) in [7, 11) is 0. The molecule has 0 atom stereocenters. The number of carbonyl (C=O) groups is 1. The van der Waals surface area contributed by atoms with Gasteiger partial charge in [0.05, 0.1) is 11.3 Å². The minimum atomic E-state index is -0.418. The maximum atomic E-state index is 11.3. The average molecular weight is 181 g/mol. The SMILES string of the molecule is C/C=N\C1=C(C)C(=O)OC(C)(C)C1. The third-order valence-corrected chi connectivity index (χ3v) is 1.99. The number of esters is 1. The van der Waals surface area contributed by atoms with E-state index in [1.807, 2.05) is 20.8 Å². The van der Waals surface area contributed by atoms with Gasteiger partial charge in [-0.15, -0.1) is 0 Å². The molecule has 0 aromatic carbocycles. The van der Waals surface area contributed by atoms with Gasteiger partial charge in [0.1, 0.15) is 5.60 Å². The lowest BCUT2D eigenvalue weighted by molar-refractivity contribution is -0.153. The predicted octanol–water partition coefficient (Wildman–Crippen LogP) is 2.08. The van der Waals surface area contributed by atoms with Gasteiger partial charge in [-0.1, -0.05) is 0 Å². The Labute approximate surface area is 78.5 Å². The smallest absolute Gasteiger partial charge is 0.336 e. The van der Waals surface area contributed by atoms with Crippen LogP contribution in [0.5, 0.6) is 0 Å². The number of nitrogens with zero attached hydrogens (tertiary/aromatic N) is 1. The maximum absolute atomic E-state index is 11.3. The zero-order valence-corrected chi connectivity index (χ0v) is 8.55. The van der Waals surface area contributed by atoms with Gasteiger partial charge in [-0.3, -0.25) is 4.99 Å². The van der Waals surface area contributed by atoms with Gasteiger partial charge in [0.25, 0.3) is 0 Å². The number of hydrogen-bond donors (Lipinski definition) is 0. The molecule has 0 amide bonds. The minimum absolute atomic E-state index is 0.253. The molecule has 72 valence electrons. The molecule has 0 saturated carbocycles. The summed E-state index contributed by atoms with van der Waals surface area (Å²) in [5.41, 5.74) is 1.04. The molecule has 1 aliphatic rings. The third kappa shape index (κ3) is 2.17. The second kappa shape index (κ2) is 3.32. The fourth-order valence-corrected chi connectivity index (χ4v) is 1.32. The molecule has 0 aromatic heterocycles. The summed E-state index contributed by atoms with van der Waals surface area (Å²) in [6.45, 7) is 7.37. The van der Waals surface area contributed by atoms with Crippen molar-refractivity contribution >= 4 is 12.2 Å². The highest BCUT2D eigenvalue weighted by Crippen LogP contribution is 2.29. The summed E-state index contributed by atoms with van der Waals surface area (Å²) < 4.78 is 5.19. The zero-order valence-electron chi connectivity index (χ0n) is 8.55. The Morgan fingerprint density at radius 1 is 1.54 bits per heavy atom. The highest BCUT2D eigenvalue weighted by Gasteiger charge is 2.31. The first kappa shape index (κ1) is 9.96. The first-order valence-electron chi connectivity index (χ1n) is 4.38. The minimum Gasteiger partial charge on any atom is -0.456 e. The van der Waals surface area contributed by atoms with Crippen molar-refractivity contribution in [3.05, 3.63) is 11.3 Å². The fraction of sp³-hybridized carbons (Fsp3) is 0.600. The highest BCUT2D eigenvalue weighted by molar-refractivity contribution is 5.90. The fourth-order valence-electron chi connectivity index (χ4n) is 1.32. The van der Waals surface area contributed by atoms with E-state index in [4.69, 9.17) is 4.74 Å². The first-order chi connectivity index (χ1) is 5.96. The van der Waals surface area contributed by atoms with Crippen LogP contribution in [0.1, 0.15) is 34.1 Å². The van der Waals surface area contributed by atoms with Crippen molar-refractivity contribution in [2.24, 2.45) is 4.99 Å². The number of rotatable bonds is 1. The summed E-state index contributed by atoms with van der Waals surface area (Å²) in [5.74, 6) is -0.253. The molecule has 3 nitrogen and oxygen atoms in total. The van der Waals surface area contributed by atoms with Crippen molar-refractivity contribution in [3.8, 4) is 0 Å². The molecule has 0 saturated heterocycles. The Morgan fingerprint density at radius 3 is 2.69 bits per heavy atom. The van der Waals surface area contributed by atoms with Gasteiger partial charge in [0.2, 0.25) is 0 Å². The summed E-state index contributed by atoms with van der Waals surface area (Å²) in [6, 6.07) is 0. The largest absolute Gasteiger partial charge is 0.456 e. The van der Waals surface area contributed by atoms with Crippen LogP contribution >= 0.6 is 0 Å². The Balaban J connectivity index is 3.02. The van der Waals surface area contributed by atoms with Gasteiger partial charge in [-0.25, -0.2) is 4.79 Å². The Bertz CT molecular complexity index is 287. The normalized spacial score (nSPS) is 22.3. The lowest BCUT2D eigenvalue weighted by atomic mass is 9.97. The van der Waals surface area contributed by atoms with Crippen LogP contribution in [0.15, 0.2) is 16.3 Å². The average Bonchev–Trinajstić information content (AvgIpc) is 1.99. The number of hydrogen-bond acceptors (Lipinski definition) is 3. The van der Waals surface area contributed by atoms with Crippen molar-refractivity contribution in [2.45, 2.75) is 39.7 Å². The topological polar surface area (TPSA) is 38.7 Å². The monoisotopic (exact) mass is 181 g/mol. The van der Waals surface area contributed by atoms with Crippen LogP contribution in [0.3, 0.4) is 0 Å². The molecule has 0 spiro atoms. The number of carbonyl (C=O) groups excluding carboxylic acids is 1. The highest BCUT2D eigenvalue weighted by atomic mass is 16.6. The van der Waals surface area contributed by atoms with Gasteiger partial charge in [0, 0.05) is 12.6 Å². The van der Waals surface area contributed by atoms with Crippen LogP contribution in [0.25, 0.3) is 0 Å². The van der Waals surface area contributed by atoms with E-state index in [9.17, 15) is 4.79 Å². The Kier molecular flexibility index (Phi) is 2.55. The maximum Gasteiger partial charge on any atom is 0.336 e. The van der Waals surface area contributed by atoms with E-state index in [1.54, 1.807) is 13.1 Å². The molecule has 1 rings (SSSR count). The van der Waals surface area contributed by atoms with Crippen LogP contribution < -0.4 is 0 Å². The molecule has 0 bridgehead atoms. The van der Waals surface area contributed by atoms with Crippen LogP contribution in [-0.4, -0.2) is 17.8 Å². The predicted molar refractivity (Wildman–Crippen MR) is 51.7 cm³/mol. The lowest BCUT2D eigenvalue weighted by Gasteiger charge is -2.30. The van der Waals surface area contributed by atoms with Gasteiger partial charge in [-0.05, 0) is 27.7 Å². The second-order valence-electron chi connectivity index (χ2n) is 3.78. The molecule has 0 N–H and O–H groups in total. The summed E-state index contributed by atoms with van der Waals surface area (Å²) in [5, 5.41) is 0. The zero-order chi connectivity index (χ0) is 10.1. The van der Waals surface area contributed by atoms with Crippen LogP contribution in [0.4, 0.5) is 0 Å². The molecule has 0 aliphatic carbocycles. The van der Waals surface area contributed by atoms with E-state index >= 15 is 0 Å². The molecule has 0 unspecified atom stereocenters. The van der Waals surface area contributed by atoms with Crippen molar-refractivity contribution in [1.82, 2.24) is 0 Å². The van der Waals surface area contributed by atoms with Crippen molar-refractivity contribution < 1.29 is 9.53 Å². The Hall–Kier alpha value is -1.12. The van der Waals surface area contributed by atoms with Gasteiger partial charge < -0.3 is 4.74 Å². The summed E-state index contributed by atoms with van der Waals surface area (Å²) >= 11 is 0. The van der Waals surface area contributed by atoms with E-state index in [0.717, 1.165) is 5.70 Å². The standard InChI is InChI=1S/C10H15NO2/c1-5-11-8-6-10(3,4)13-9(12)7(8)2/h5H,6H2,1-4H3/b11-5-. The number of aliphatic imine (C=N–C) groups is 1. The van der Waals surface area contributed by atoms with Gasteiger partial charge >= 0.3 is 5.97 Å². The van der Waals surface area contributed by atoms with E-state index in [2.05, 4.69) is 4.99 Å². The molecule has 13 heavy (non-hydrogen) atoms. The lowest BCUT2D eigenvalue weighted by Crippen LogP contribution is -2.33. The molecular formula is C10H15NO2. The van der Waals surface area contributed by atoms with Gasteiger partial charge in [0.15, 0.2) is 0 Å². The van der Waals surface area contributed by atoms with E-state index in [-0.39, 0.29) is 5.97 Å². The molecule has 0 radical (unpaired) electrons. The quantitative estimate of drug-likeness (QED) is 0.459. The van der Waals surface area contributed by atoms with Gasteiger partial charge in [-0.2, -0.15) is 0 Å². The van der Waals surface area contributed by atoms with E-state index in [0.29, 0.717) is 12.0 Å². The first-order valence-corrected chi connectivity index (χ1v) is 4.38. The summed E-state index contributed by atoms with van der Waals surface area (Å²) in [4.78, 5) is 15.5. The molecule has 0 fully saturated rings. The number of cyclic esters (lactones) is 1. The van der Waals surface area contributed by atoms with Crippen LogP contribution in [0, 0.1) is 0 Å².